The molecule has 3 nitrogen and oxygen atoms in total. The van der Waals surface area contributed by atoms with Crippen LogP contribution in [0.5, 0.6) is 0 Å². The number of rotatable bonds is 5. The molecule has 268 valence electrons. The Hall–Kier alpha value is -7.23. The predicted octanol–water partition coefficient (Wildman–Crippen LogP) is 14.0. The van der Waals surface area contributed by atoms with Crippen molar-refractivity contribution in [2.24, 2.45) is 0 Å². The van der Waals surface area contributed by atoms with Gasteiger partial charge in [-0.1, -0.05) is 190 Å². The Morgan fingerprint density at radius 2 is 0.754 bits per heavy atom. The van der Waals surface area contributed by atoms with Crippen molar-refractivity contribution in [3.8, 4) is 67.5 Å². The van der Waals surface area contributed by atoms with Crippen LogP contribution in [-0.4, -0.2) is 15.0 Å². The van der Waals surface area contributed by atoms with Crippen LogP contribution in [0.15, 0.2) is 188 Å². The largest absolute Gasteiger partial charge is 0.208 e. The highest BCUT2D eigenvalue weighted by molar-refractivity contribution is 6.28. The first kappa shape index (κ1) is 33.1. The van der Waals surface area contributed by atoms with Crippen LogP contribution in [0.3, 0.4) is 0 Å². The van der Waals surface area contributed by atoms with Crippen LogP contribution in [-0.2, 0) is 5.41 Å². The van der Waals surface area contributed by atoms with Gasteiger partial charge in [0, 0.05) is 22.1 Å². The number of benzene rings is 9. The smallest absolute Gasteiger partial charge is 0.164 e. The van der Waals surface area contributed by atoms with Gasteiger partial charge < -0.3 is 0 Å². The van der Waals surface area contributed by atoms with Crippen molar-refractivity contribution in [1.29, 1.82) is 0 Å². The molecular weight excluding hydrogens is 691 g/mol. The first-order valence-corrected chi connectivity index (χ1v) is 19.6. The van der Waals surface area contributed by atoms with Gasteiger partial charge >= 0.3 is 0 Å². The third kappa shape index (κ3) is 5.38. The molecule has 0 spiro atoms. The molecule has 0 N–H and O–H groups in total. The van der Waals surface area contributed by atoms with Crippen molar-refractivity contribution in [2.75, 3.05) is 0 Å². The lowest BCUT2D eigenvalue weighted by atomic mass is 9.81. The second-order valence-electron chi connectivity index (χ2n) is 15.6. The molecule has 10 aromatic rings. The molecule has 1 heterocycles. The maximum Gasteiger partial charge on any atom is 0.164 e. The number of hydrogen-bond donors (Lipinski definition) is 0. The fraction of sp³-hybridized carbons (Fsp3) is 0.0556. The average Bonchev–Trinajstić information content (AvgIpc) is 3.51. The average molecular weight is 728 g/mol. The van der Waals surface area contributed by atoms with E-state index in [1.54, 1.807) is 0 Å². The summed E-state index contributed by atoms with van der Waals surface area (Å²) < 4.78 is 0. The first-order chi connectivity index (χ1) is 28.0. The molecule has 9 aromatic carbocycles. The van der Waals surface area contributed by atoms with E-state index >= 15 is 0 Å². The van der Waals surface area contributed by atoms with E-state index in [1.807, 2.05) is 60.7 Å². The Kier molecular flexibility index (Phi) is 7.52. The molecule has 0 saturated heterocycles. The van der Waals surface area contributed by atoms with Gasteiger partial charge in [-0.15, -0.1) is 0 Å². The Labute approximate surface area is 332 Å². The minimum Gasteiger partial charge on any atom is -0.208 e. The minimum absolute atomic E-state index is 0.0516. The van der Waals surface area contributed by atoms with Crippen molar-refractivity contribution >= 4 is 32.3 Å². The molecule has 0 aliphatic heterocycles. The molecule has 0 amide bonds. The molecular formula is C54H37N3. The van der Waals surface area contributed by atoms with Gasteiger partial charge in [-0.2, -0.15) is 0 Å². The van der Waals surface area contributed by atoms with E-state index in [0.29, 0.717) is 17.5 Å². The monoisotopic (exact) mass is 727 g/mol. The number of aromatic nitrogens is 3. The van der Waals surface area contributed by atoms with Gasteiger partial charge in [-0.3, -0.25) is 0 Å². The molecule has 0 saturated carbocycles. The lowest BCUT2D eigenvalue weighted by Crippen LogP contribution is -2.14. The fourth-order valence-electron chi connectivity index (χ4n) is 9.05. The molecule has 11 rings (SSSR count). The summed E-state index contributed by atoms with van der Waals surface area (Å²) in [5.74, 6) is 1.96. The van der Waals surface area contributed by atoms with Crippen molar-refractivity contribution in [3.05, 3.63) is 199 Å². The third-order valence-electron chi connectivity index (χ3n) is 11.9. The molecule has 0 unspecified atom stereocenters. The maximum absolute atomic E-state index is 4.98. The number of nitrogens with zero attached hydrogens (tertiary/aromatic N) is 3. The Morgan fingerprint density at radius 3 is 1.44 bits per heavy atom. The summed E-state index contributed by atoms with van der Waals surface area (Å²) in [7, 11) is 0. The fourth-order valence-corrected chi connectivity index (χ4v) is 9.05. The lowest BCUT2D eigenvalue weighted by molar-refractivity contribution is 0.660. The molecule has 1 aliphatic rings. The van der Waals surface area contributed by atoms with Crippen LogP contribution in [0.4, 0.5) is 0 Å². The third-order valence-corrected chi connectivity index (χ3v) is 11.9. The zero-order chi connectivity index (χ0) is 38.1. The highest BCUT2D eigenvalue weighted by atomic mass is 15.0. The highest BCUT2D eigenvalue weighted by Gasteiger charge is 2.35. The van der Waals surface area contributed by atoms with Crippen molar-refractivity contribution in [3.63, 3.8) is 0 Å². The first-order valence-electron chi connectivity index (χ1n) is 19.6. The van der Waals surface area contributed by atoms with Gasteiger partial charge in [0.25, 0.3) is 0 Å². The van der Waals surface area contributed by atoms with Crippen LogP contribution in [0.25, 0.3) is 99.9 Å². The Morgan fingerprint density at radius 1 is 0.298 bits per heavy atom. The van der Waals surface area contributed by atoms with Crippen LogP contribution >= 0.6 is 0 Å². The van der Waals surface area contributed by atoms with E-state index in [9.17, 15) is 0 Å². The van der Waals surface area contributed by atoms with E-state index in [4.69, 9.17) is 15.0 Å². The lowest BCUT2D eigenvalue weighted by Gasteiger charge is -2.22. The van der Waals surface area contributed by atoms with E-state index in [0.717, 1.165) is 22.3 Å². The number of fused-ring (bicyclic) bond motifs is 9. The summed E-state index contributed by atoms with van der Waals surface area (Å²) >= 11 is 0. The van der Waals surface area contributed by atoms with Crippen molar-refractivity contribution < 1.29 is 0 Å². The summed E-state index contributed by atoms with van der Waals surface area (Å²) in [4.78, 5) is 14.8. The van der Waals surface area contributed by atoms with Gasteiger partial charge in [0.15, 0.2) is 17.5 Å². The molecule has 0 radical (unpaired) electrons. The zero-order valence-corrected chi connectivity index (χ0v) is 31.7. The molecule has 1 aromatic heterocycles. The molecule has 0 bridgehead atoms. The second-order valence-corrected chi connectivity index (χ2v) is 15.6. The molecule has 0 fully saturated rings. The van der Waals surface area contributed by atoms with E-state index in [2.05, 4.69) is 141 Å². The van der Waals surface area contributed by atoms with Gasteiger partial charge in [-0.05, 0) is 89.0 Å². The summed E-state index contributed by atoms with van der Waals surface area (Å²) in [5, 5.41) is 7.54. The summed E-state index contributed by atoms with van der Waals surface area (Å²) in [6.07, 6.45) is 0. The SMILES string of the molecule is CC1(C)c2ccccc2-c2ccc(-c3ccc4c(c3)c3ccccc3c3cccc(-c5ccc(-c6nc(-c7ccccc7)nc(-c7ccccc7)n6)cc5)c34)cc21. The normalized spacial score (nSPS) is 12.9. The van der Waals surface area contributed by atoms with Gasteiger partial charge in [-0.25, -0.2) is 15.0 Å². The topological polar surface area (TPSA) is 38.7 Å². The van der Waals surface area contributed by atoms with Gasteiger partial charge in [0.1, 0.15) is 0 Å². The summed E-state index contributed by atoms with van der Waals surface area (Å²) in [6.45, 7) is 4.70. The molecule has 3 heteroatoms. The quantitative estimate of drug-likeness (QED) is 0.166. The predicted molar refractivity (Wildman–Crippen MR) is 237 cm³/mol. The minimum atomic E-state index is -0.0516. The van der Waals surface area contributed by atoms with E-state index in [1.165, 1.54) is 71.3 Å². The standard InChI is InChI=1S/C54H37N3/c1-54(2)48-23-12-11-20-43(48)44-30-28-39(33-49(44)54)38-29-31-46-47(32-38)42-19-10-9-18-41(42)45-22-13-21-40(50(45)46)34-24-26-37(27-25-34)53-56-51(35-14-5-3-6-15-35)55-52(57-53)36-16-7-4-8-17-36/h3-33H,1-2H3. The zero-order valence-electron chi connectivity index (χ0n) is 31.7. The molecule has 57 heavy (non-hydrogen) atoms. The Balaban J connectivity index is 1.04. The van der Waals surface area contributed by atoms with Crippen LogP contribution in [0, 0.1) is 0 Å². The van der Waals surface area contributed by atoms with Crippen LogP contribution < -0.4 is 0 Å². The maximum atomic E-state index is 4.98. The van der Waals surface area contributed by atoms with Gasteiger partial charge in [0.2, 0.25) is 0 Å². The van der Waals surface area contributed by atoms with Crippen LogP contribution in [0.2, 0.25) is 0 Å². The summed E-state index contributed by atoms with van der Waals surface area (Å²) in [5.41, 5.74) is 13.1. The van der Waals surface area contributed by atoms with Crippen molar-refractivity contribution in [1.82, 2.24) is 15.0 Å². The highest BCUT2D eigenvalue weighted by Crippen LogP contribution is 2.50. The van der Waals surface area contributed by atoms with Crippen LogP contribution in [0.1, 0.15) is 25.0 Å². The number of hydrogen-bond acceptors (Lipinski definition) is 3. The molecule has 1 aliphatic carbocycles. The van der Waals surface area contributed by atoms with E-state index < -0.39 is 0 Å². The Bertz CT molecular complexity index is 3130. The van der Waals surface area contributed by atoms with Gasteiger partial charge in [0.05, 0.1) is 0 Å². The summed E-state index contributed by atoms with van der Waals surface area (Å²) in [6, 6.07) is 67.4. The van der Waals surface area contributed by atoms with E-state index in [-0.39, 0.29) is 5.41 Å². The van der Waals surface area contributed by atoms with Crippen molar-refractivity contribution in [2.45, 2.75) is 19.3 Å². The molecule has 0 atom stereocenters. The second kappa shape index (κ2) is 12.9.